The van der Waals surface area contributed by atoms with Crippen molar-refractivity contribution in [3.05, 3.63) is 41.6 Å². The molecule has 5 atom stereocenters. The van der Waals surface area contributed by atoms with E-state index in [1.54, 1.807) is 32.9 Å². The minimum Gasteiger partial charge on any atom is -0.497 e. The number of aliphatic carboxylic acids is 1. The summed E-state index contributed by atoms with van der Waals surface area (Å²) < 4.78 is 60.9. The molecule has 1 saturated carbocycles. The maximum absolute atomic E-state index is 14.6. The summed E-state index contributed by atoms with van der Waals surface area (Å²) in [6.45, 7) is 4.90. The Bertz CT molecular complexity index is 1770. The van der Waals surface area contributed by atoms with Crippen LogP contribution in [0.2, 0.25) is 0 Å². The highest BCUT2D eigenvalue weighted by molar-refractivity contribution is 5.96. The first-order valence-corrected chi connectivity index (χ1v) is 17.5. The molecule has 6 rings (SSSR count). The van der Waals surface area contributed by atoms with Crippen LogP contribution in [0.1, 0.15) is 89.8 Å². The Morgan fingerprint density at radius 2 is 1.90 bits per heavy atom. The summed E-state index contributed by atoms with van der Waals surface area (Å²) in [5.74, 6) is -4.45. The lowest BCUT2D eigenvalue weighted by atomic mass is 9.87. The van der Waals surface area contributed by atoms with E-state index in [1.165, 1.54) is 24.1 Å². The molecule has 1 saturated heterocycles. The number of amides is 2. The zero-order valence-corrected chi connectivity index (χ0v) is 29.2. The van der Waals surface area contributed by atoms with Gasteiger partial charge >= 0.3 is 18.1 Å². The van der Waals surface area contributed by atoms with E-state index in [1.807, 2.05) is 6.08 Å². The van der Waals surface area contributed by atoms with Gasteiger partial charge in [-0.05, 0) is 77.5 Å². The number of aryl methyl sites for hydroxylation is 1. The molecule has 0 bridgehead atoms. The maximum Gasteiger partial charge on any atom is 0.437 e. The first-order chi connectivity index (χ1) is 23.9. The molecule has 1 aliphatic carbocycles. The molecule has 51 heavy (non-hydrogen) atoms. The molecule has 276 valence electrons. The fourth-order valence-electron chi connectivity index (χ4n) is 7.75. The lowest BCUT2D eigenvalue weighted by Gasteiger charge is -2.37. The molecule has 11 nitrogen and oxygen atoms in total. The summed E-state index contributed by atoms with van der Waals surface area (Å²) in [7, 11) is 1.45. The summed E-state index contributed by atoms with van der Waals surface area (Å²) >= 11 is 0. The van der Waals surface area contributed by atoms with Gasteiger partial charge in [-0.2, -0.15) is 13.2 Å². The van der Waals surface area contributed by atoms with Crippen LogP contribution in [-0.2, 0) is 36.5 Å². The van der Waals surface area contributed by atoms with E-state index in [4.69, 9.17) is 14.2 Å². The molecule has 2 aromatic rings. The summed E-state index contributed by atoms with van der Waals surface area (Å²) in [4.78, 5) is 59.4. The number of ether oxygens (including phenoxy) is 3. The number of fused-ring (bicyclic) bond motifs is 5. The Morgan fingerprint density at radius 3 is 2.59 bits per heavy atom. The Hall–Kier alpha value is -4.36. The van der Waals surface area contributed by atoms with Crippen LogP contribution < -0.4 is 14.8 Å². The van der Waals surface area contributed by atoms with Crippen LogP contribution in [0.25, 0.3) is 10.9 Å². The number of methoxy groups -OCH3 is 1. The molecule has 14 heteroatoms. The summed E-state index contributed by atoms with van der Waals surface area (Å²) in [5, 5.41) is 13.3. The van der Waals surface area contributed by atoms with Crippen molar-refractivity contribution in [2.75, 3.05) is 13.7 Å². The molecule has 1 spiro atoms. The number of halogens is 3. The highest BCUT2D eigenvalue weighted by Gasteiger charge is 2.62. The van der Waals surface area contributed by atoms with E-state index >= 15 is 0 Å². The molecule has 4 heterocycles. The van der Waals surface area contributed by atoms with E-state index in [0.29, 0.717) is 30.4 Å². The van der Waals surface area contributed by atoms with Gasteiger partial charge in [-0.15, -0.1) is 0 Å². The van der Waals surface area contributed by atoms with Crippen molar-refractivity contribution >= 4 is 34.7 Å². The SMILES string of the molecule is COc1ccc2nc(C(F)(F)F)c3c(c2c1)CC[C@]1(C[C@H]2C(=O)N[C@]4(C(=O)O)C[C@H]4/C=C\CCCCC[C@H](CC(=O)OC(C)(C)C)C(=O)N2C1)O3. The van der Waals surface area contributed by atoms with Gasteiger partial charge in [0.25, 0.3) is 0 Å². The number of carbonyl (C=O) groups is 4. The molecule has 4 aliphatic rings. The van der Waals surface area contributed by atoms with Crippen LogP contribution in [0.4, 0.5) is 13.2 Å². The third-order valence-corrected chi connectivity index (χ3v) is 10.4. The molecule has 3 aliphatic heterocycles. The standard InChI is InChI=1S/C37H44F3N3O8/c1-34(2,3)50-28(44)16-21-10-8-6-5-7-9-11-22-18-36(22,33(47)48)42-31(45)27-19-35(20-43(27)32(21)46)15-14-24-25-17-23(49-4)12-13-26(25)41-30(29(24)51-35)37(38,39)40/h9,11-13,17,21-22,27H,5-8,10,14-16,18-20H2,1-4H3,(H,42,45)(H,47,48)/b11-9-/t21-,22-,27+,35-,36-/m1/s1. The van der Waals surface area contributed by atoms with E-state index < -0.39 is 76.0 Å². The number of nitrogens with one attached hydrogen (secondary N) is 1. The number of benzene rings is 1. The van der Waals surface area contributed by atoms with Crippen molar-refractivity contribution in [1.82, 2.24) is 15.2 Å². The number of carboxylic acid groups (broad SMARTS) is 1. The number of pyridine rings is 1. The average Bonchev–Trinajstić information content (AvgIpc) is 3.63. The molecule has 2 amide bonds. The second-order valence-corrected chi connectivity index (χ2v) is 15.3. The second-order valence-electron chi connectivity index (χ2n) is 15.3. The van der Waals surface area contributed by atoms with E-state index in [0.717, 1.165) is 12.8 Å². The van der Waals surface area contributed by atoms with Gasteiger partial charge in [-0.25, -0.2) is 9.78 Å². The number of carboxylic acids is 1. The summed E-state index contributed by atoms with van der Waals surface area (Å²) in [6, 6.07) is 3.31. The minimum absolute atomic E-state index is 0.118. The molecular weight excluding hydrogens is 671 g/mol. The molecule has 1 aromatic carbocycles. The number of aromatic nitrogens is 1. The topological polar surface area (TPSA) is 144 Å². The van der Waals surface area contributed by atoms with Gasteiger partial charge < -0.3 is 29.5 Å². The lowest BCUT2D eigenvalue weighted by molar-refractivity contribution is -0.159. The molecular formula is C37H44F3N3O8. The maximum atomic E-state index is 14.6. The predicted molar refractivity (Wildman–Crippen MR) is 178 cm³/mol. The number of allylic oxidation sites excluding steroid dienone is 1. The van der Waals surface area contributed by atoms with Crippen molar-refractivity contribution in [2.45, 2.75) is 114 Å². The number of esters is 1. The summed E-state index contributed by atoms with van der Waals surface area (Å²) in [5.41, 5.74) is -4.61. The fraction of sp³-hybridized carbons (Fsp3) is 0.595. The number of rotatable bonds is 4. The number of hydrogen-bond donors (Lipinski definition) is 2. The lowest BCUT2D eigenvalue weighted by Crippen LogP contribution is -2.53. The Morgan fingerprint density at radius 1 is 1.14 bits per heavy atom. The third kappa shape index (κ3) is 7.36. The fourth-order valence-corrected chi connectivity index (χ4v) is 7.75. The molecule has 1 aromatic heterocycles. The monoisotopic (exact) mass is 715 g/mol. The zero-order valence-electron chi connectivity index (χ0n) is 29.2. The number of hydrogen-bond acceptors (Lipinski definition) is 8. The van der Waals surface area contributed by atoms with Gasteiger partial charge in [0, 0.05) is 29.2 Å². The largest absolute Gasteiger partial charge is 0.497 e. The van der Waals surface area contributed by atoms with E-state index in [9.17, 15) is 37.5 Å². The second kappa shape index (κ2) is 13.3. The normalized spacial score (nSPS) is 29.1. The molecule has 0 unspecified atom stereocenters. The zero-order chi connectivity index (χ0) is 36.9. The number of alkyl halides is 3. The third-order valence-electron chi connectivity index (χ3n) is 10.4. The van der Waals surface area contributed by atoms with Crippen molar-refractivity contribution in [1.29, 1.82) is 0 Å². The Labute approximate surface area is 293 Å². The van der Waals surface area contributed by atoms with Gasteiger partial charge in [0.05, 0.1) is 25.6 Å². The van der Waals surface area contributed by atoms with Crippen LogP contribution in [0, 0.1) is 11.8 Å². The van der Waals surface area contributed by atoms with Gasteiger partial charge in [0.1, 0.15) is 28.5 Å². The van der Waals surface area contributed by atoms with Gasteiger partial charge in [-0.3, -0.25) is 14.4 Å². The smallest absolute Gasteiger partial charge is 0.437 e. The van der Waals surface area contributed by atoms with Gasteiger partial charge in [0.2, 0.25) is 11.8 Å². The Balaban J connectivity index is 1.40. The number of carbonyl (C=O) groups excluding carboxylic acids is 3. The quantitative estimate of drug-likeness (QED) is 0.299. The van der Waals surface area contributed by atoms with Gasteiger partial charge in [-0.1, -0.05) is 25.0 Å². The van der Waals surface area contributed by atoms with Crippen LogP contribution in [0.5, 0.6) is 11.5 Å². The average molecular weight is 716 g/mol. The Kier molecular flexibility index (Phi) is 9.51. The van der Waals surface area contributed by atoms with E-state index in [-0.39, 0.29) is 49.7 Å². The summed E-state index contributed by atoms with van der Waals surface area (Å²) in [6.07, 6.45) is 1.96. The first kappa shape index (κ1) is 36.4. The van der Waals surface area contributed by atoms with E-state index in [2.05, 4.69) is 10.3 Å². The van der Waals surface area contributed by atoms with Crippen LogP contribution in [-0.4, -0.2) is 75.2 Å². The van der Waals surface area contributed by atoms with Crippen molar-refractivity contribution in [2.24, 2.45) is 11.8 Å². The predicted octanol–water partition coefficient (Wildman–Crippen LogP) is 5.75. The molecule has 2 N–H and O–H groups in total. The van der Waals surface area contributed by atoms with Crippen molar-refractivity contribution < 1.29 is 51.7 Å². The molecule has 2 fully saturated rings. The number of nitrogens with zero attached hydrogens (tertiary/aromatic N) is 2. The molecule has 0 radical (unpaired) electrons. The van der Waals surface area contributed by atoms with Crippen LogP contribution in [0.15, 0.2) is 30.4 Å². The van der Waals surface area contributed by atoms with Crippen molar-refractivity contribution in [3.8, 4) is 11.5 Å². The first-order valence-electron chi connectivity index (χ1n) is 17.5. The minimum atomic E-state index is -4.88. The van der Waals surface area contributed by atoms with Crippen LogP contribution >= 0.6 is 0 Å². The van der Waals surface area contributed by atoms with Crippen LogP contribution in [0.3, 0.4) is 0 Å². The van der Waals surface area contributed by atoms with Crippen molar-refractivity contribution in [3.63, 3.8) is 0 Å². The van der Waals surface area contributed by atoms with Gasteiger partial charge in [0.15, 0.2) is 11.4 Å². The highest BCUT2D eigenvalue weighted by atomic mass is 19.4. The highest BCUT2D eigenvalue weighted by Crippen LogP contribution is 2.50.